The van der Waals surface area contributed by atoms with E-state index in [2.05, 4.69) is 35.6 Å². The molecule has 0 radical (unpaired) electrons. The van der Waals surface area contributed by atoms with Gasteiger partial charge in [-0.25, -0.2) is 4.39 Å². The Labute approximate surface area is 134 Å². The van der Waals surface area contributed by atoms with Gasteiger partial charge in [0, 0.05) is 14.5 Å². The minimum absolute atomic E-state index is 0.232. The van der Waals surface area contributed by atoms with Crippen molar-refractivity contribution in [2.45, 2.75) is 11.8 Å². The topological polar surface area (TPSA) is 13.1 Å². The van der Waals surface area contributed by atoms with Gasteiger partial charge in [-0.05, 0) is 70.8 Å². The molecule has 0 unspecified atom stereocenters. The summed E-state index contributed by atoms with van der Waals surface area (Å²) in [5.41, 5.74) is 1.79. The molecule has 1 aromatic heterocycles. The van der Waals surface area contributed by atoms with Crippen LogP contribution in [0.15, 0.2) is 51.8 Å². The number of rotatable bonds is 3. The quantitative estimate of drug-likeness (QED) is 0.399. The molecule has 102 valence electrons. The molecule has 3 aromatic rings. The molecule has 0 aliphatic rings. The van der Waals surface area contributed by atoms with E-state index in [1.54, 1.807) is 23.9 Å². The first kappa shape index (κ1) is 13.9. The molecule has 0 spiro atoms. The fraction of sp³-hybridized carbons (Fsp3) is 0.125. The number of hydrogen-bond donors (Lipinski definition) is 0. The van der Waals surface area contributed by atoms with Crippen LogP contribution >= 0.6 is 34.4 Å². The third kappa shape index (κ3) is 2.59. The van der Waals surface area contributed by atoms with Gasteiger partial charge in [-0.15, -0.1) is 11.8 Å². The largest absolute Gasteiger partial charge is 0.455 e. The van der Waals surface area contributed by atoms with Crippen molar-refractivity contribution in [1.82, 2.24) is 0 Å². The summed E-state index contributed by atoms with van der Waals surface area (Å²) >= 11 is 4.06. The van der Waals surface area contributed by atoms with Crippen molar-refractivity contribution in [2.24, 2.45) is 0 Å². The van der Waals surface area contributed by atoms with Crippen molar-refractivity contribution in [2.75, 3.05) is 5.75 Å². The lowest BCUT2D eigenvalue weighted by Crippen LogP contribution is -1.80. The van der Waals surface area contributed by atoms with Crippen LogP contribution in [0.25, 0.3) is 22.3 Å². The summed E-state index contributed by atoms with van der Waals surface area (Å²) in [5.74, 6) is 1.56. The van der Waals surface area contributed by atoms with Gasteiger partial charge in [-0.1, -0.05) is 6.92 Å². The van der Waals surface area contributed by atoms with E-state index in [-0.39, 0.29) is 5.82 Å². The number of benzene rings is 2. The maximum atomic E-state index is 13.1. The lowest BCUT2D eigenvalue weighted by molar-refractivity contribution is 0.619. The molecule has 4 heteroatoms. The summed E-state index contributed by atoms with van der Waals surface area (Å²) in [5, 5.41) is 1.13. The third-order valence-corrected chi connectivity index (χ3v) is 4.65. The van der Waals surface area contributed by atoms with Crippen LogP contribution in [0, 0.1) is 9.39 Å². The average molecular weight is 398 g/mol. The van der Waals surface area contributed by atoms with Gasteiger partial charge in [0.1, 0.15) is 17.2 Å². The summed E-state index contributed by atoms with van der Waals surface area (Å²) in [6.45, 7) is 2.12. The van der Waals surface area contributed by atoms with E-state index in [0.717, 1.165) is 32.9 Å². The fourth-order valence-electron chi connectivity index (χ4n) is 2.13. The summed E-state index contributed by atoms with van der Waals surface area (Å²) in [6.07, 6.45) is 0. The Morgan fingerprint density at radius 3 is 2.60 bits per heavy atom. The molecular formula is C16H12FIOS. The van der Waals surface area contributed by atoms with Crippen LogP contribution in [0.3, 0.4) is 0 Å². The van der Waals surface area contributed by atoms with Gasteiger partial charge >= 0.3 is 0 Å². The molecule has 0 N–H and O–H groups in total. The second-order valence-electron chi connectivity index (χ2n) is 4.34. The lowest BCUT2D eigenvalue weighted by Gasteiger charge is -2.01. The highest BCUT2D eigenvalue weighted by Crippen LogP contribution is 2.40. The van der Waals surface area contributed by atoms with E-state index in [0.29, 0.717) is 0 Å². The maximum Gasteiger partial charge on any atom is 0.148 e. The van der Waals surface area contributed by atoms with Crippen LogP contribution in [-0.2, 0) is 0 Å². The van der Waals surface area contributed by atoms with Crippen molar-refractivity contribution >= 4 is 45.3 Å². The summed E-state index contributed by atoms with van der Waals surface area (Å²) in [6, 6.07) is 12.6. The Morgan fingerprint density at radius 2 is 1.90 bits per heavy atom. The predicted octanol–water partition coefficient (Wildman–Crippen LogP) is 5.96. The van der Waals surface area contributed by atoms with Gasteiger partial charge in [0.25, 0.3) is 0 Å². The van der Waals surface area contributed by atoms with Crippen LogP contribution in [0.5, 0.6) is 0 Å². The van der Waals surface area contributed by atoms with Crippen LogP contribution in [0.2, 0.25) is 0 Å². The van der Waals surface area contributed by atoms with E-state index in [4.69, 9.17) is 4.42 Å². The molecule has 0 aliphatic heterocycles. The SMILES string of the molecule is CCSc1c(-c2ccc(F)cc2)oc2ccc(I)cc12. The molecule has 1 nitrogen and oxygen atoms in total. The van der Waals surface area contributed by atoms with Crippen LogP contribution in [0.4, 0.5) is 4.39 Å². The van der Waals surface area contributed by atoms with E-state index < -0.39 is 0 Å². The first-order chi connectivity index (χ1) is 9.69. The molecule has 0 saturated carbocycles. The zero-order valence-electron chi connectivity index (χ0n) is 10.8. The Balaban J connectivity index is 2.23. The number of halogens is 2. The minimum atomic E-state index is -0.232. The number of fused-ring (bicyclic) bond motifs is 1. The predicted molar refractivity (Wildman–Crippen MR) is 90.7 cm³/mol. The number of furan rings is 1. The summed E-state index contributed by atoms with van der Waals surface area (Å²) < 4.78 is 20.2. The van der Waals surface area contributed by atoms with Crippen molar-refractivity contribution in [3.63, 3.8) is 0 Å². The zero-order chi connectivity index (χ0) is 14.1. The Hall–Kier alpha value is -1.01. The van der Waals surface area contributed by atoms with Gasteiger partial charge in [-0.3, -0.25) is 0 Å². The molecule has 0 atom stereocenters. The third-order valence-electron chi connectivity index (χ3n) is 3.00. The highest BCUT2D eigenvalue weighted by atomic mass is 127. The second kappa shape index (κ2) is 5.77. The molecule has 3 rings (SSSR count). The van der Waals surface area contributed by atoms with Crippen molar-refractivity contribution in [3.8, 4) is 11.3 Å². The van der Waals surface area contributed by atoms with Gasteiger partial charge in [0.2, 0.25) is 0 Å². The highest BCUT2D eigenvalue weighted by molar-refractivity contribution is 14.1. The Morgan fingerprint density at radius 1 is 1.15 bits per heavy atom. The van der Waals surface area contributed by atoms with E-state index in [1.807, 2.05) is 12.1 Å². The summed E-state index contributed by atoms with van der Waals surface area (Å²) in [4.78, 5) is 1.13. The van der Waals surface area contributed by atoms with E-state index in [9.17, 15) is 4.39 Å². The van der Waals surface area contributed by atoms with Crippen molar-refractivity contribution in [1.29, 1.82) is 0 Å². The van der Waals surface area contributed by atoms with E-state index >= 15 is 0 Å². The standard InChI is InChI=1S/C16H12FIOS/c1-2-20-16-13-9-12(18)7-8-14(13)19-15(16)10-3-5-11(17)6-4-10/h3-9H,2H2,1H3. The number of hydrogen-bond acceptors (Lipinski definition) is 2. The van der Waals surface area contributed by atoms with Gasteiger partial charge in [0.05, 0.1) is 4.90 Å². The second-order valence-corrected chi connectivity index (χ2v) is 6.86. The van der Waals surface area contributed by atoms with Crippen LogP contribution in [-0.4, -0.2) is 5.75 Å². The monoisotopic (exact) mass is 398 g/mol. The molecule has 0 bridgehead atoms. The Bertz CT molecular complexity index is 749. The zero-order valence-corrected chi connectivity index (χ0v) is 13.8. The smallest absolute Gasteiger partial charge is 0.148 e. The van der Waals surface area contributed by atoms with E-state index in [1.165, 1.54) is 15.7 Å². The molecule has 2 aromatic carbocycles. The minimum Gasteiger partial charge on any atom is -0.455 e. The van der Waals surface area contributed by atoms with Crippen molar-refractivity contribution < 1.29 is 8.81 Å². The highest BCUT2D eigenvalue weighted by Gasteiger charge is 2.16. The fourth-order valence-corrected chi connectivity index (χ4v) is 3.51. The van der Waals surface area contributed by atoms with Gasteiger partial charge < -0.3 is 4.42 Å². The maximum absolute atomic E-state index is 13.1. The van der Waals surface area contributed by atoms with Crippen LogP contribution in [0.1, 0.15) is 6.92 Å². The van der Waals surface area contributed by atoms with Gasteiger partial charge in [0.15, 0.2) is 0 Å². The van der Waals surface area contributed by atoms with Crippen LogP contribution < -0.4 is 0 Å². The average Bonchev–Trinajstić information content (AvgIpc) is 2.79. The molecule has 1 heterocycles. The first-order valence-corrected chi connectivity index (χ1v) is 8.36. The molecule has 0 saturated heterocycles. The molecule has 0 aliphatic carbocycles. The Kier molecular flexibility index (Phi) is 4.03. The molecule has 0 fully saturated rings. The number of thioether (sulfide) groups is 1. The summed E-state index contributed by atoms with van der Waals surface area (Å²) in [7, 11) is 0. The van der Waals surface area contributed by atoms with Crippen molar-refractivity contribution in [3.05, 3.63) is 51.9 Å². The normalized spacial score (nSPS) is 11.2. The first-order valence-electron chi connectivity index (χ1n) is 6.30. The lowest BCUT2D eigenvalue weighted by atomic mass is 10.1. The molecule has 0 amide bonds. The molecular weight excluding hydrogens is 386 g/mol. The molecule has 20 heavy (non-hydrogen) atoms. The van der Waals surface area contributed by atoms with Gasteiger partial charge in [-0.2, -0.15) is 0 Å².